The molecule has 4 nitrogen and oxygen atoms in total. The molecule has 0 amide bonds. The summed E-state index contributed by atoms with van der Waals surface area (Å²) in [5.74, 6) is 3.35. The van der Waals surface area contributed by atoms with E-state index in [0.29, 0.717) is 6.10 Å². The minimum atomic E-state index is -1.71. The van der Waals surface area contributed by atoms with E-state index >= 15 is 0 Å². The molecule has 3 aromatic rings. The Morgan fingerprint density at radius 2 is 1.74 bits per heavy atom. The highest BCUT2D eigenvalue weighted by molar-refractivity contribution is 6.83. The van der Waals surface area contributed by atoms with Gasteiger partial charge in [0.1, 0.15) is 13.7 Å². The van der Waals surface area contributed by atoms with Crippen LogP contribution in [0.4, 0.5) is 5.69 Å². The lowest BCUT2D eigenvalue weighted by Gasteiger charge is -2.47. The molecule has 0 spiro atoms. The smallest absolute Gasteiger partial charge is 0.192 e. The first-order valence-electron chi connectivity index (χ1n) is 11.2. The lowest BCUT2D eigenvalue weighted by atomic mass is 10.1. The van der Waals surface area contributed by atoms with E-state index in [2.05, 4.69) is 111 Å². The number of pyridine rings is 1. The van der Waals surface area contributed by atoms with E-state index in [1.807, 2.05) is 0 Å². The summed E-state index contributed by atoms with van der Waals surface area (Å²) in [5, 5.41) is 0.251. The van der Waals surface area contributed by atoms with Crippen molar-refractivity contribution in [2.75, 3.05) is 18.0 Å². The van der Waals surface area contributed by atoms with E-state index in [9.17, 15) is 0 Å². The molecular weight excluding hydrogens is 414 g/mol. The predicted molar refractivity (Wildman–Crippen MR) is 137 cm³/mol. The molecule has 164 valence electrons. The summed E-state index contributed by atoms with van der Waals surface area (Å²) >= 11 is 0. The summed E-state index contributed by atoms with van der Waals surface area (Å²) in [6.45, 7) is 20.3. The second-order valence-electron chi connectivity index (χ2n) is 11.3. The van der Waals surface area contributed by atoms with Gasteiger partial charge in [0.2, 0.25) is 0 Å². The zero-order valence-corrected chi connectivity index (χ0v) is 22.2. The molecular formula is C25H35N3OSi2. The number of imidazole rings is 1. The van der Waals surface area contributed by atoms with Crippen LogP contribution >= 0.6 is 0 Å². The minimum Gasteiger partial charge on any atom is -0.410 e. The topological polar surface area (TPSA) is 29.8 Å². The van der Waals surface area contributed by atoms with Crippen LogP contribution in [-0.4, -0.2) is 45.0 Å². The van der Waals surface area contributed by atoms with Crippen LogP contribution in [0.25, 0.3) is 16.7 Å². The Labute approximate surface area is 188 Å². The highest BCUT2D eigenvalue weighted by Crippen LogP contribution is 2.38. The number of nitrogens with zero attached hydrogens (tertiary/aromatic N) is 3. The summed E-state index contributed by atoms with van der Waals surface area (Å²) < 4.78 is 8.72. The van der Waals surface area contributed by atoms with Crippen LogP contribution in [0, 0.1) is 11.5 Å². The third-order valence-electron chi connectivity index (χ3n) is 6.45. The van der Waals surface area contributed by atoms with E-state index < -0.39 is 16.4 Å². The normalized spacial score (nSPS) is 15.8. The predicted octanol–water partition coefficient (Wildman–Crippen LogP) is 5.93. The van der Waals surface area contributed by atoms with Gasteiger partial charge in [-0.3, -0.25) is 4.40 Å². The highest BCUT2D eigenvalue weighted by atomic mass is 28.4. The van der Waals surface area contributed by atoms with Crippen molar-refractivity contribution in [3.8, 4) is 11.5 Å². The van der Waals surface area contributed by atoms with Gasteiger partial charge in [-0.15, -0.1) is 5.54 Å². The van der Waals surface area contributed by atoms with Crippen molar-refractivity contribution in [2.45, 2.75) is 64.6 Å². The molecule has 1 fully saturated rings. The van der Waals surface area contributed by atoms with E-state index in [-0.39, 0.29) is 5.04 Å². The maximum Gasteiger partial charge on any atom is 0.192 e. The Morgan fingerprint density at radius 1 is 1.03 bits per heavy atom. The molecule has 1 aromatic carbocycles. The number of hydrogen-bond donors (Lipinski definition) is 0. The molecule has 0 atom stereocenters. The first-order chi connectivity index (χ1) is 14.3. The Kier molecular flexibility index (Phi) is 5.36. The molecule has 31 heavy (non-hydrogen) atoms. The molecule has 0 saturated carbocycles. The number of aromatic nitrogens is 2. The van der Waals surface area contributed by atoms with Crippen LogP contribution in [0.5, 0.6) is 0 Å². The summed E-state index contributed by atoms with van der Waals surface area (Å²) in [6, 6.07) is 10.7. The molecule has 3 heterocycles. The van der Waals surface area contributed by atoms with Crippen LogP contribution in [0.15, 0.2) is 36.5 Å². The van der Waals surface area contributed by atoms with E-state index in [1.54, 1.807) is 0 Å². The second kappa shape index (κ2) is 7.51. The fourth-order valence-electron chi connectivity index (χ4n) is 3.56. The summed E-state index contributed by atoms with van der Waals surface area (Å²) in [7, 11) is -3.10. The second-order valence-corrected chi connectivity index (χ2v) is 20.8. The lowest BCUT2D eigenvalue weighted by Crippen LogP contribution is -2.57. The van der Waals surface area contributed by atoms with Gasteiger partial charge in [0, 0.05) is 36.6 Å². The molecule has 6 heteroatoms. The van der Waals surface area contributed by atoms with Crippen molar-refractivity contribution >= 4 is 38.8 Å². The van der Waals surface area contributed by atoms with Gasteiger partial charge in [0.15, 0.2) is 8.32 Å². The maximum atomic E-state index is 6.55. The quantitative estimate of drug-likeness (QED) is 0.367. The van der Waals surface area contributed by atoms with Gasteiger partial charge in [0.25, 0.3) is 0 Å². The number of anilines is 1. The average Bonchev–Trinajstić information content (AvgIpc) is 2.97. The van der Waals surface area contributed by atoms with Crippen molar-refractivity contribution < 1.29 is 4.43 Å². The van der Waals surface area contributed by atoms with Gasteiger partial charge >= 0.3 is 0 Å². The maximum absolute atomic E-state index is 6.55. The van der Waals surface area contributed by atoms with Crippen molar-refractivity contribution in [3.05, 3.63) is 42.1 Å². The summed E-state index contributed by atoms with van der Waals surface area (Å²) in [4.78, 5) is 7.28. The molecule has 2 aromatic heterocycles. The van der Waals surface area contributed by atoms with Crippen LogP contribution in [0.2, 0.25) is 37.8 Å². The van der Waals surface area contributed by atoms with E-state index in [4.69, 9.17) is 9.41 Å². The van der Waals surface area contributed by atoms with Gasteiger partial charge in [-0.05, 0) is 42.4 Å². The van der Waals surface area contributed by atoms with Gasteiger partial charge in [-0.25, -0.2) is 4.98 Å². The molecule has 0 N–H and O–H groups in total. The highest BCUT2D eigenvalue weighted by Gasteiger charge is 2.42. The molecule has 0 bridgehead atoms. The van der Waals surface area contributed by atoms with E-state index in [1.165, 1.54) is 5.69 Å². The number of rotatable bonds is 3. The number of fused-ring (bicyclic) bond motifs is 3. The van der Waals surface area contributed by atoms with Crippen molar-refractivity contribution in [2.24, 2.45) is 0 Å². The molecule has 1 aliphatic heterocycles. The van der Waals surface area contributed by atoms with Gasteiger partial charge in [-0.2, -0.15) is 0 Å². The van der Waals surface area contributed by atoms with Crippen LogP contribution in [0.3, 0.4) is 0 Å². The standard InChI is InChI=1S/C25H35N3OSi2/c1-25(2,3)31(7,8)29-21-17-27(18-21)20-11-13-28-23-10-9-19(12-14-30(4,5)6)15-22(23)26-24(28)16-20/h9-11,13,15-16,21H,17-18H2,1-8H3. The van der Waals surface area contributed by atoms with Crippen LogP contribution in [0.1, 0.15) is 26.3 Å². The Balaban J connectivity index is 1.52. The molecule has 0 aliphatic carbocycles. The molecule has 0 radical (unpaired) electrons. The molecule has 0 unspecified atom stereocenters. The number of benzene rings is 1. The van der Waals surface area contributed by atoms with Crippen molar-refractivity contribution in [1.29, 1.82) is 0 Å². The first-order valence-corrected chi connectivity index (χ1v) is 17.6. The third kappa shape index (κ3) is 4.59. The summed E-state index contributed by atoms with van der Waals surface area (Å²) in [5.41, 5.74) is 8.82. The average molecular weight is 450 g/mol. The largest absolute Gasteiger partial charge is 0.410 e. The van der Waals surface area contributed by atoms with Gasteiger partial charge < -0.3 is 9.33 Å². The number of hydrogen-bond acceptors (Lipinski definition) is 3. The monoisotopic (exact) mass is 449 g/mol. The minimum absolute atomic E-state index is 0.251. The van der Waals surface area contributed by atoms with Crippen molar-refractivity contribution in [1.82, 2.24) is 9.38 Å². The summed E-state index contributed by atoms with van der Waals surface area (Å²) in [6.07, 6.45) is 2.47. The molecule has 4 rings (SSSR count). The Hall–Kier alpha value is -2.08. The fraction of sp³-hybridized carbons (Fsp3) is 0.480. The van der Waals surface area contributed by atoms with Gasteiger partial charge in [0.05, 0.1) is 17.1 Å². The molecule has 1 saturated heterocycles. The van der Waals surface area contributed by atoms with Crippen LogP contribution in [-0.2, 0) is 4.43 Å². The molecule has 1 aliphatic rings. The van der Waals surface area contributed by atoms with Crippen LogP contribution < -0.4 is 4.90 Å². The SMILES string of the molecule is CC(C)(C)[Si](C)(C)OC1CN(c2ccn3c(c2)nc2cc(C#C[Si](C)(C)C)ccc23)C1. The lowest BCUT2D eigenvalue weighted by molar-refractivity contribution is 0.149. The zero-order chi connectivity index (χ0) is 22.6. The van der Waals surface area contributed by atoms with Gasteiger partial charge in [-0.1, -0.05) is 46.3 Å². The van der Waals surface area contributed by atoms with Crippen molar-refractivity contribution in [3.63, 3.8) is 0 Å². The first kappa shape index (κ1) is 22.1. The Morgan fingerprint density at radius 3 is 2.39 bits per heavy atom. The Bertz CT molecular complexity index is 1180. The zero-order valence-electron chi connectivity index (χ0n) is 20.2. The van der Waals surface area contributed by atoms with E-state index in [0.717, 1.165) is 35.3 Å². The fourth-order valence-corrected chi connectivity index (χ4v) is 5.41. The third-order valence-corrected chi connectivity index (χ3v) is 11.9.